The maximum absolute atomic E-state index is 12.8. The molecule has 6 nitrogen and oxygen atoms in total. The van der Waals surface area contributed by atoms with Crippen molar-refractivity contribution in [3.05, 3.63) is 48.6 Å². The molecule has 0 aliphatic carbocycles. The van der Waals surface area contributed by atoms with Crippen LogP contribution < -0.4 is 0 Å². The highest BCUT2D eigenvalue weighted by atomic mass is 16.6. The minimum absolute atomic E-state index is 0.0856. The third-order valence-corrected chi connectivity index (χ3v) is 12.6. The molecule has 0 aromatic carbocycles. The molecule has 0 saturated carbocycles. The van der Waals surface area contributed by atoms with E-state index >= 15 is 0 Å². The first-order valence-electron chi connectivity index (χ1n) is 28.6. The Bertz CT molecular complexity index is 1150. The standard InChI is InChI=1S/C60H108O6/c1-4-7-10-13-16-19-22-25-27-28-29-30-31-33-35-38-41-44-47-50-53-59(62)65-56-57(55-64-58(61)52-49-46-43-40-37-34-24-21-18-15-12-9-6-3)66-60(63)54-51-48-45-42-39-36-32-26-23-20-17-14-11-8-5-2/h8,11,17,20,26,32,39,42,57H,4-7,9-10,12-16,18-19,21-25,27-31,33-38,40-41,43-56H2,1-3H3/b11-8-,20-17-,32-26-,42-39-. The molecule has 0 bridgehead atoms. The lowest BCUT2D eigenvalue weighted by Gasteiger charge is -2.18. The summed E-state index contributed by atoms with van der Waals surface area (Å²) in [7, 11) is 0. The van der Waals surface area contributed by atoms with Crippen molar-refractivity contribution in [3.8, 4) is 0 Å². The van der Waals surface area contributed by atoms with Crippen LogP contribution in [0, 0.1) is 0 Å². The quantitative estimate of drug-likeness (QED) is 0.0262. The van der Waals surface area contributed by atoms with Crippen LogP contribution in [0.2, 0.25) is 0 Å². The first-order chi connectivity index (χ1) is 32.5. The summed E-state index contributed by atoms with van der Waals surface area (Å²) in [6.45, 7) is 6.53. The Kier molecular flexibility index (Phi) is 52.8. The maximum Gasteiger partial charge on any atom is 0.306 e. The molecular weight excluding hydrogens is 817 g/mol. The lowest BCUT2D eigenvalue weighted by Crippen LogP contribution is -2.30. The van der Waals surface area contributed by atoms with Crippen LogP contribution in [0.25, 0.3) is 0 Å². The minimum Gasteiger partial charge on any atom is -0.462 e. The number of hydrogen-bond acceptors (Lipinski definition) is 6. The molecule has 0 saturated heterocycles. The van der Waals surface area contributed by atoms with E-state index in [0.29, 0.717) is 19.3 Å². The lowest BCUT2D eigenvalue weighted by molar-refractivity contribution is -0.167. The molecule has 1 unspecified atom stereocenters. The second-order valence-electron chi connectivity index (χ2n) is 19.2. The van der Waals surface area contributed by atoms with Gasteiger partial charge in [0, 0.05) is 19.3 Å². The van der Waals surface area contributed by atoms with Crippen LogP contribution in [0.1, 0.15) is 297 Å². The summed E-state index contributed by atoms with van der Waals surface area (Å²) >= 11 is 0. The average Bonchev–Trinajstić information content (AvgIpc) is 3.31. The van der Waals surface area contributed by atoms with Crippen molar-refractivity contribution >= 4 is 17.9 Å². The van der Waals surface area contributed by atoms with Crippen molar-refractivity contribution in [2.24, 2.45) is 0 Å². The van der Waals surface area contributed by atoms with Crippen molar-refractivity contribution in [2.75, 3.05) is 13.2 Å². The Labute approximate surface area is 409 Å². The molecule has 0 radical (unpaired) electrons. The molecule has 0 rings (SSSR count). The topological polar surface area (TPSA) is 78.9 Å². The molecule has 6 heteroatoms. The highest BCUT2D eigenvalue weighted by Crippen LogP contribution is 2.17. The number of ether oxygens (including phenoxy) is 3. The van der Waals surface area contributed by atoms with Gasteiger partial charge in [-0.25, -0.2) is 0 Å². The molecule has 66 heavy (non-hydrogen) atoms. The normalized spacial score (nSPS) is 12.3. The van der Waals surface area contributed by atoms with Gasteiger partial charge in [0.1, 0.15) is 13.2 Å². The Morgan fingerprint density at radius 3 is 0.924 bits per heavy atom. The summed E-state index contributed by atoms with van der Waals surface area (Å²) in [6.07, 6.45) is 66.8. The van der Waals surface area contributed by atoms with Crippen LogP contribution in [-0.2, 0) is 28.6 Å². The number of esters is 3. The number of hydrogen-bond donors (Lipinski definition) is 0. The van der Waals surface area contributed by atoms with Crippen molar-refractivity contribution in [1.29, 1.82) is 0 Å². The maximum atomic E-state index is 12.8. The van der Waals surface area contributed by atoms with Gasteiger partial charge in [-0.1, -0.05) is 268 Å². The first-order valence-corrected chi connectivity index (χ1v) is 28.6. The molecule has 0 spiro atoms. The number of allylic oxidation sites excluding steroid dienone is 8. The monoisotopic (exact) mass is 925 g/mol. The summed E-state index contributed by atoms with van der Waals surface area (Å²) < 4.78 is 16.8. The van der Waals surface area contributed by atoms with Gasteiger partial charge in [-0.3, -0.25) is 14.4 Å². The molecule has 0 aliphatic heterocycles. The predicted molar refractivity (Wildman–Crippen MR) is 284 cm³/mol. The van der Waals surface area contributed by atoms with Gasteiger partial charge in [-0.05, 0) is 57.8 Å². The second-order valence-corrected chi connectivity index (χ2v) is 19.2. The van der Waals surface area contributed by atoms with E-state index < -0.39 is 6.10 Å². The SMILES string of the molecule is CC/C=C\C/C=C\C/C=C\C/C=C\CCCCC(=O)OC(COC(=O)CCCCCCCCCCCCCCC)COC(=O)CCCCCCCCCCCCCCCCCCCCCC. The van der Waals surface area contributed by atoms with Crippen molar-refractivity contribution in [1.82, 2.24) is 0 Å². The van der Waals surface area contributed by atoms with E-state index in [0.717, 1.165) is 77.0 Å². The van der Waals surface area contributed by atoms with Gasteiger partial charge in [0.25, 0.3) is 0 Å². The fourth-order valence-electron chi connectivity index (χ4n) is 8.32. The molecule has 1 atom stereocenters. The van der Waals surface area contributed by atoms with Crippen LogP contribution in [0.15, 0.2) is 48.6 Å². The van der Waals surface area contributed by atoms with E-state index in [9.17, 15) is 14.4 Å². The van der Waals surface area contributed by atoms with Gasteiger partial charge >= 0.3 is 17.9 Å². The van der Waals surface area contributed by atoms with Crippen molar-refractivity contribution in [2.45, 2.75) is 303 Å². The summed E-state index contributed by atoms with van der Waals surface area (Å²) in [5, 5.41) is 0. The lowest BCUT2D eigenvalue weighted by atomic mass is 10.0. The average molecular weight is 926 g/mol. The summed E-state index contributed by atoms with van der Waals surface area (Å²) in [5.41, 5.74) is 0. The third kappa shape index (κ3) is 52.3. The molecule has 0 N–H and O–H groups in total. The number of rotatable bonds is 52. The second kappa shape index (κ2) is 55.0. The Morgan fingerprint density at radius 1 is 0.318 bits per heavy atom. The largest absolute Gasteiger partial charge is 0.462 e. The Morgan fingerprint density at radius 2 is 0.591 bits per heavy atom. The molecule has 0 heterocycles. The molecule has 0 fully saturated rings. The highest BCUT2D eigenvalue weighted by molar-refractivity contribution is 5.71. The Hall–Kier alpha value is -2.63. The van der Waals surface area contributed by atoms with E-state index in [2.05, 4.69) is 69.4 Å². The zero-order valence-electron chi connectivity index (χ0n) is 44.0. The number of carbonyl (C=O) groups is 3. The summed E-state index contributed by atoms with van der Waals surface area (Å²) in [6, 6.07) is 0. The minimum atomic E-state index is -0.790. The first kappa shape index (κ1) is 63.4. The number of unbranched alkanes of at least 4 members (excludes halogenated alkanes) is 33. The van der Waals surface area contributed by atoms with Gasteiger partial charge in [0.15, 0.2) is 6.10 Å². The third-order valence-electron chi connectivity index (χ3n) is 12.6. The van der Waals surface area contributed by atoms with Crippen molar-refractivity contribution in [3.63, 3.8) is 0 Å². The predicted octanol–water partition coefficient (Wildman–Crippen LogP) is 19.0. The van der Waals surface area contributed by atoms with Crippen LogP contribution in [0.3, 0.4) is 0 Å². The van der Waals surface area contributed by atoms with Crippen LogP contribution in [0.4, 0.5) is 0 Å². The fourth-order valence-corrected chi connectivity index (χ4v) is 8.32. The van der Waals surface area contributed by atoms with Gasteiger partial charge in [0.2, 0.25) is 0 Å². The smallest absolute Gasteiger partial charge is 0.306 e. The Balaban J connectivity index is 4.34. The van der Waals surface area contributed by atoms with Gasteiger partial charge in [0.05, 0.1) is 0 Å². The van der Waals surface area contributed by atoms with E-state index in [1.165, 1.54) is 173 Å². The molecular formula is C60H108O6. The van der Waals surface area contributed by atoms with E-state index in [1.54, 1.807) is 0 Å². The molecule has 384 valence electrons. The van der Waals surface area contributed by atoms with Crippen LogP contribution in [0.5, 0.6) is 0 Å². The summed E-state index contributed by atoms with van der Waals surface area (Å²) in [5.74, 6) is -0.912. The highest BCUT2D eigenvalue weighted by Gasteiger charge is 2.19. The molecule has 0 aliphatic rings. The van der Waals surface area contributed by atoms with E-state index in [-0.39, 0.29) is 37.5 Å². The molecule has 0 aromatic heterocycles. The van der Waals surface area contributed by atoms with Gasteiger partial charge in [-0.2, -0.15) is 0 Å². The zero-order chi connectivity index (χ0) is 47.9. The van der Waals surface area contributed by atoms with Gasteiger partial charge in [-0.15, -0.1) is 0 Å². The van der Waals surface area contributed by atoms with Crippen LogP contribution >= 0.6 is 0 Å². The van der Waals surface area contributed by atoms with E-state index in [4.69, 9.17) is 14.2 Å². The molecule has 0 aromatic rings. The van der Waals surface area contributed by atoms with Gasteiger partial charge < -0.3 is 14.2 Å². The fraction of sp³-hybridized carbons (Fsp3) is 0.817. The van der Waals surface area contributed by atoms with Crippen molar-refractivity contribution < 1.29 is 28.6 Å². The zero-order valence-corrected chi connectivity index (χ0v) is 44.0. The van der Waals surface area contributed by atoms with Crippen LogP contribution in [-0.4, -0.2) is 37.2 Å². The molecule has 0 amide bonds. The van der Waals surface area contributed by atoms with E-state index in [1.807, 2.05) is 0 Å². The summed E-state index contributed by atoms with van der Waals surface area (Å²) in [4.78, 5) is 38.1. The number of carbonyl (C=O) groups excluding carboxylic acids is 3.